The van der Waals surface area contributed by atoms with Gasteiger partial charge in [0.25, 0.3) is 0 Å². The summed E-state index contributed by atoms with van der Waals surface area (Å²) in [6.07, 6.45) is -2.46. The Morgan fingerprint density at radius 1 is 1.07 bits per heavy atom. The van der Waals surface area contributed by atoms with Crippen molar-refractivity contribution in [3.05, 3.63) is 70.7 Å². The van der Waals surface area contributed by atoms with Crippen molar-refractivity contribution in [2.75, 3.05) is 0 Å². The molecule has 2 atom stereocenters. The Morgan fingerprint density at radius 2 is 1.68 bits per heavy atom. The predicted octanol–water partition coefficient (Wildman–Crippen LogP) is 4.01. The van der Waals surface area contributed by atoms with Gasteiger partial charge in [-0.1, -0.05) is 60.1 Å². The molecule has 0 aliphatic heterocycles. The van der Waals surface area contributed by atoms with Crippen LogP contribution in [0.5, 0.6) is 0 Å². The summed E-state index contributed by atoms with van der Waals surface area (Å²) in [4.78, 5) is 24.6. The number of rotatable bonds is 6. The first-order chi connectivity index (χ1) is 13.2. The maximum Gasteiger partial charge on any atom is 0.408 e. The number of aliphatic hydroxyl groups is 1. The third-order valence-corrected chi connectivity index (χ3v) is 4.04. The summed E-state index contributed by atoms with van der Waals surface area (Å²) in [6, 6.07) is 14.5. The van der Waals surface area contributed by atoms with Crippen molar-refractivity contribution in [2.45, 2.75) is 45.1 Å². The average molecular weight is 406 g/mol. The number of carbonyl (C=O) groups excluding carboxylic acids is 2. The Labute approximate surface area is 169 Å². The van der Waals surface area contributed by atoms with Crippen LogP contribution < -0.4 is 5.32 Å². The number of hydrogen-bond acceptors (Lipinski definition) is 5. The standard InChI is InChI=1S/C21H24ClNO5/c1-21(2,3)28-20(26)23-17(15-11-7-8-12-16(15)22)18(24)19(25)27-13-14-9-5-4-6-10-14/h4-12,17-18,24H,13H2,1-3H3,(H,23,26)/t17-,18+/m0/s1. The van der Waals surface area contributed by atoms with Gasteiger partial charge in [-0.05, 0) is 38.0 Å². The molecule has 2 aromatic rings. The zero-order valence-electron chi connectivity index (χ0n) is 16.0. The van der Waals surface area contributed by atoms with E-state index in [1.165, 1.54) is 0 Å². The van der Waals surface area contributed by atoms with E-state index in [0.717, 1.165) is 5.56 Å². The molecule has 0 spiro atoms. The number of nitrogens with one attached hydrogen (secondary N) is 1. The van der Waals surface area contributed by atoms with E-state index < -0.39 is 29.8 Å². The Morgan fingerprint density at radius 3 is 2.29 bits per heavy atom. The first-order valence-electron chi connectivity index (χ1n) is 8.80. The zero-order chi connectivity index (χ0) is 20.7. The third kappa shape index (κ3) is 6.55. The first-order valence-corrected chi connectivity index (χ1v) is 9.18. The van der Waals surface area contributed by atoms with Gasteiger partial charge in [0.2, 0.25) is 0 Å². The van der Waals surface area contributed by atoms with Gasteiger partial charge in [0.05, 0.1) is 6.04 Å². The van der Waals surface area contributed by atoms with E-state index in [4.69, 9.17) is 21.1 Å². The highest BCUT2D eigenvalue weighted by molar-refractivity contribution is 6.31. The second-order valence-electron chi connectivity index (χ2n) is 7.18. The van der Waals surface area contributed by atoms with E-state index in [1.807, 2.05) is 18.2 Å². The van der Waals surface area contributed by atoms with Crippen LogP contribution in [0.4, 0.5) is 4.79 Å². The Bertz CT molecular complexity index is 804. The number of benzene rings is 2. The number of carbonyl (C=O) groups is 2. The number of ether oxygens (including phenoxy) is 2. The van der Waals surface area contributed by atoms with Crippen molar-refractivity contribution in [2.24, 2.45) is 0 Å². The van der Waals surface area contributed by atoms with Gasteiger partial charge in [-0.15, -0.1) is 0 Å². The summed E-state index contributed by atoms with van der Waals surface area (Å²) in [7, 11) is 0. The summed E-state index contributed by atoms with van der Waals surface area (Å²) in [6.45, 7) is 5.13. The minimum absolute atomic E-state index is 0.00157. The topological polar surface area (TPSA) is 84.9 Å². The Hall–Kier alpha value is -2.57. The Kier molecular flexibility index (Phi) is 7.43. The van der Waals surface area contributed by atoms with Crippen LogP contribution >= 0.6 is 11.6 Å². The summed E-state index contributed by atoms with van der Waals surface area (Å²) in [5.74, 6) is -0.884. The molecule has 0 saturated heterocycles. The lowest BCUT2D eigenvalue weighted by atomic mass is 10.0. The fraction of sp³-hybridized carbons (Fsp3) is 0.333. The molecule has 0 aromatic heterocycles. The molecule has 0 radical (unpaired) electrons. The molecule has 1 amide bonds. The maximum atomic E-state index is 12.4. The van der Waals surface area contributed by atoms with Crippen LogP contribution in [0, 0.1) is 0 Å². The molecule has 2 rings (SSSR count). The van der Waals surface area contributed by atoms with Gasteiger partial charge in [0, 0.05) is 5.02 Å². The van der Waals surface area contributed by atoms with E-state index in [1.54, 1.807) is 57.2 Å². The van der Waals surface area contributed by atoms with E-state index in [2.05, 4.69) is 5.32 Å². The van der Waals surface area contributed by atoms with E-state index >= 15 is 0 Å². The summed E-state index contributed by atoms with van der Waals surface area (Å²) >= 11 is 6.20. The highest BCUT2D eigenvalue weighted by Gasteiger charge is 2.33. The minimum Gasteiger partial charge on any atom is -0.459 e. The first kappa shape index (κ1) is 21.7. The van der Waals surface area contributed by atoms with Crippen LogP contribution in [0.3, 0.4) is 0 Å². The molecule has 0 aliphatic rings. The van der Waals surface area contributed by atoms with E-state index in [-0.39, 0.29) is 6.61 Å². The molecular weight excluding hydrogens is 382 g/mol. The quantitative estimate of drug-likeness (QED) is 0.709. The summed E-state index contributed by atoms with van der Waals surface area (Å²) in [5.41, 5.74) is 0.407. The van der Waals surface area contributed by atoms with Gasteiger partial charge in [0.15, 0.2) is 6.10 Å². The highest BCUT2D eigenvalue weighted by atomic mass is 35.5. The summed E-state index contributed by atoms with van der Waals surface area (Å²) < 4.78 is 10.4. The van der Waals surface area contributed by atoms with Crippen molar-refractivity contribution in [1.82, 2.24) is 5.32 Å². The molecule has 2 N–H and O–H groups in total. The Balaban J connectivity index is 2.16. The monoisotopic (exact) mass is 405 g/mol. The molecule has 0 saturated carbocycles. The van der Waals surface area contributed by atoms with Gasteiger partial charge < -0.3 is 19.9 Å². The average Bonchev–Trinajstić information content (AvgIpc) is 2.63. The molecular formula is C21H24ClNO5. The smallest absolute Gasteiger partial charge is 0.408 e. The van der Waals surface area contributed by atoms with Gasteiger partial charge in [-0.3, -0.25) is 0 Å². The van der Waals surface area contributed by atoms with Crippen molar-refractivity contribution in [1.29, 1.82) is 0 Å². The number of alkyl carbamates (subject to hydrolysis) is 1. The lowest BCUT2D eigenvalue weighted by molar-refractivity contribution is -0.156. The summed E-state index contributed by atoms with van der Waals surface area (Å²) in [5, 5.41) is 13.4. The van der Waals surface area contributed by atoms with Crippen LogP contribution in [0.15, 0.2) is 54.6 Å². The number of hydrogen-bond donors (Lipinski definition) is 2. The van der Waals surface area contributed by atoms with Gasteiger partial charge in [-0.2, -0.15) is 0 Å². The second-order valence-corrected chi connectivity index (χ2v) is 7.59. The van der Waals surface area contributed by atoms with Crippen LogP contribution in [0.1, 0.15) is 37.9 Å². The third-order valence-electron chi connectivity index (χ3n) is 3.69. The van der Waals surface area contributed by atoms with Gasteiger partial charge >= 0.3 is 12.1 Å². The van der Waals surface area contributed by atoms with Crippen LogP contribution in [0.25, 0.3) is 0 Å². The predicted molar refractivity (Wildman–Crippen MR) is 106 cm³/mol. The van der Waals surface area contributed by atoms with Crippen molar-refractivity contribution in [3.63, 3.8) is 0 Å². The van der Waals surface area contributed by atoms with Gasteiger partial charge in [0.1, 0.15) is 12.2 Å². The fourth-order valence-electron chi connectivity index (χ4n) is 2.44. The lowest BCUT2D eigenvalue weighted by Gasteiger charge is -2.26. The molecule has 0 bridgehead atoms. The molecule has 0 heterocycles. The molecule has 6 nitrogen and oxygen atoms in total. The fourth-order valence-corrected chi connectivity index (χ4v) is 2.69. The second kappa shape index (κ2) is 9.57. The molecule has 28 heavy (non-hydrogen) atoms. The maximum absolute atomic E-state index is 12.4. The minimum atomic E-state index is -1.67. The molecule has 0 unspecified atom stereocenters. The SMILES string of the molecule is CC(C)(C)OC(=O)N[C@@H](c1ccccc1Cl)[C@@H](O)C(=O)OCc1ccccc1. The molecule has 7 heteroatoms. The molecule has 0 aliphatic carbocycles. The van der Waals surface area contributed by atoms with Crippen molar-refractivity contribution >= 4 is 23.7 Å². The van der Waals surface area contributed by atoms with Crippen molar-refractivity contribution in [3.8, 4) is 0 Å². The molecule has 150 valence electrons. The van der Waals surface area contributed by atoms with Gasteiger partial charge in [-0.25, -0.2) is 9.59 Å². The molecule has 0 fully saturated rings. The number of esters is 1. The van der Waals surface area contributed by atoms with E-state index in [0.29, 0.717) is 10.6 Å². The number of amides is 1. The van der Waals surface area contributed by atoms with Crippen molar-refractivity contribution < 1.29 is 24.2 Å². The van der Waals surface area contributed by atoms with Crippen LogP contribution in [-0.2, 0) is 20.9 Å². The lowest BCUT2D eigenvalue weighted by Crippen LogP contribution is -2.43. The highest BCUT2D eigenvalue weighted by Crippen LogP contribution is 2.26. The number of halogens is 1. The number of aliphatic hydroxyl groups excluding tert-OH is 1. The van der Waals surface area contributed by atoms with Crippen LogP contribution in [0.2, 0.25) is 5.02 Å². The van der Waals surface area contributed by atoms with Crippen LogP contribution in [-0.4, -0.2) is 28.9 Å². The normalized spacial score (nSPS) is 13.3. The zero-order valence-corrected chi connectivity index (χ0v) is 16.8. The molecule has 2 aromatic carbocycles. The largest absolute Gasteiger partial charge is 0.459 e. The van der Waals surface area contributed by atoms with E-state index in [9.17, 15) is 14.7 Å².